The van der Waals surface area contributed by atoms with Crippen LogP contribution in [0.5, 0.6) is 0 Å². The van der Waals surface area contributed by atoms with Crippen molar-refractivity contribution in [3.8, 4) is 6.07 Å². The molecular formula is C14H16F2N2S. The van der Waals surface area contributed by atoms with Gasteiger partial charge in [-0.25, -0.2) is 8.78 Å². The molecule has 1 saturated heterocycles. The molecule has 0 unspecified atom stereocenters. The SMILES string of the molecule is N#Cc1cc(F)c(CNCC2CCSCC2)c(F)c1. The van der Waals surface area contributed by atoms with Crippen LogP contribution in [0, 0.1) is 28.9 Å². The van der Waals surface area contributed by atoms with E-state index in [1.165, 1.54) is 11.5 Å². The van der Waals surface area contributed by atoms with E-state index in [0.717, 1.165) is 31.5 Å². The van der Waals surface area contributed by atoms with Crippen LogP contribution in [-0.2, 0) is 6.54 Å². The summed E-state index contributed by atoms with van der Waals surface area (Å²) >= 11 is 1.96. The fourth-order valence-corrected chi connectivity index (χ4v) is 3.39. The number of halogens is 2. The highest BCUT2D eigenvalue weighted by Gasteiger charge is 2.15. The minimum atomic E-state index is -0.650. The van der Waals surface area contributed by atoms with E-state index in [0.29, 0.717) is 5.92 Å². The molecule has 1 aliphatic rings. The zero-order valence-electron chi connectivity index (χ0n) is 10.6. The number of benzene rings is 1. The Bertz CT molecular complexity index is 456. The molecule has 0 bridgehead atoms. The van der Waals surface area contributed by atoms with Crippen LogP contribution in [0.25, 0.3) is 0 Å². The van der Waals surface area contributed by atoms with E-state index in [9.17, 15) is 8.78 Å². The Labute approximate surface area is 116 Å². The maximum atomic E-state index is 13.6. The Kier molecular flexibility index (Phi) is 5.17. The molecule has 19 heavy (non-hydrogen) atoms. The van der Waals surface area contributed by atoms with Crippen molar-refractivity contribution >= 4 is 11.8 Å². The van der Waals surface area contributed by atoms with E-state index in [2.05, 4.69) is 5.32 Å². The Morgan fingerprint density at radius 3 is 2.47 bits per heavy atom. The van der Waals surface area contributed by atoms with Crippen LogP contribution in [0.3, 0.4) is 0 Å². The van der Waals surface area contributed by atoms with Gasteiger partial charge in [-0.15, -0.1) is 0 Å². The van der Waals surface area contributed by atoms with E-state index in [1.807, 2.05) is 11.8 Å². The number of nitrogens with one attached hydrogen (secondary N) is 1. The number of nitrogens with zero attached hydrogens (tertiary/aromatic N) is 1. The molecule has 1 heterocycles. The van der Waals surface area contributed by atoms with Crippen LogP contribution in [0.1, 0.15) is 24.0 Å². The number of thioether (sulfide) groups is 1. The maximum absolute atomic E-state index is 13.6. The van der Waals surface area contributed by atoms with Gasteiger partial charge < -0.3 is 5.32 Å². The summed E-state index contributed by atoms with van der Waals surface area (Å²) < 4.78 is 27.3. The van der Waals surface area contributed by atoms with Gasteiger partial charge in [0.25, 0.3) is 0 Å². The van der Waals surface area contributed by atoms with E-state index >= 15 is 0 Å². The number of nitriles is 1. The lowest BCUT2D eigenvalue weighted by molar-refractivity contribution is 0.439. The van der Waals surface area contributed by atoms with Crippen molar-refractivity contribution in [3.05, 3.63) is 34.9 Å². The summed E-state index contributed by atoms with van der Waals surface area (Å²) in [7, 11) is 0. The number of hydrogen-bond donors (Lipinski definition) is 1. The second-order valence-electron chi connectivity index (χ2n) is 4.72. The molecule has 1 aromatic rings. The van der Waals surface area contributed by atoms with Crippen molar-refractivity contribution in [3.63, 3.8) is 0 Å². The van der Waals surface area contributed by atoms with Gasteiger partial charge in [-0.1, -0.05) is 0 Å². The van der Waals surface area contributed by atoms with Gasteiger partial charge >= 0.3 is 0 Å². The lowest BCUT2D eigenvalue weighted by Gasteiger charge is -2.21. The second kappa shape index (κ2) is 6.88. The zero-order chi connectivity index (χ0) is 13.7. The number of hydrogen-bond acceptors (Lipinski definition) is 3. The lowest BCUT2D eigenvalue weighted by Crippen LogP contribution is -2.26. The largest absolute Gasteiger partial charge is 0.312 e. The predicted octanol–water partition coefficient (Wildman–Crippen LogP) is 3.07. The normalized spacial score (nSPS) is 16.3. The van der Waals surface area contributed by atoms with Crippen molar-refractivity contribution in [2.75, 3.05) is 18.1 Å². The molecule has 2 rings (SSSR count). The van der Waals surface area contributed by atoms with Crippen molar-refractivity contribution in [2.24, 2.45) is 5.92 Å². The Morgan fingerprint density at radius 2 is 1.89 bits per heavy atom. The third-order valence-corrected chi connectivity index (χ3v) is 4.39. The molecule has 102 valence electrons. The van der Waals surface area contributed by atoms with Gasteiger partial charge in [-0.05, 0) is 48.9 Å². The Morgan fingerprint density at radius 1 is 1.26 bits per heavy atom. The van der Waals surface area contributed by atoms with Crippen molar-refractivity contribution in [1.29, 1.82) is 5.26 Å². The third kappa shape index (κ3) is 3.92. The highest BCUT2D eigenvalue weighted by Crippen LogP contribution is 2.22. The van der Waals surface area contributed by atoms with Crippen LogP contribution in [-0.4, -0.2) is 18.1 Å². The van der Waals surface area contributed by atoms with E-state index < -0.39 is 11.6 Å². The summed E-state index contributed by atoms with van der Waals surface area (Å²) in [6.07, 6.45) is 2.33. The highest BCUT2D eigenvalue weighted by molar-refractivity contribution is 7.99. The topological polar surface area (TPSA) is 35.8 Å². The van der Waals surface area contributed by atoms with Gasteiger partial charge in [0.2, 0.25) is 0 Å². The Hall–Kier alpha value is -1.12. The third-order valence-electron chi connectivity index (χ3n) is 3.35. The molecule has 0 aliphatic carbocycles. The summed E-state index contributed by atoms with van der Waals surface area (Å²) in [6, 6.07) is 3.90. The molecule has 0 radical (unpaired) electrons. The van der Waals surface area contributed by atoms with Gasteiger partial charge in [0.1, 0.15) is 11.6 Å². The molecule has 5 heteroatoms. The molecule has 0 saturated carbocycles. The smallest absolute Gasteiger partial charge is 0.131 e. The fraction of sp³-hybridized carbons (Fsp3) is 0.500. The first-order chi connectivity index (χ1) is 9.20. The average molecular weight is 282 g/mol. The minimum Gasteiger partial charge on any atom is -0.312 e. The average Bonchev–Trinajstić information content (AvgIpc) is 2.42. The van der Waals surface area contributed by atoms with Crippen LogP contribution < -0.4 is 5.32 Å². The van der Waals surface area contributed by atoms with Crippen molar-refractivity contribution in [2.45, 2.75) is 19.4 Å². The predicted molar refractivity (Wildman–Crippen MR) is 72.8 cm³/mol. The molecule has 0 atom stereocenters. The van der Waals surface area contributed by atoms with Gasteiger partial charge in [0, 0.05) is 12.1 Å². The first kappa shape index (κ1) is 14.3. The molecule has 1 aliphatic heterocycles. The molecule has 0 aromatic heterocycles. The summed E-state index contributed by atoms with van der Waals surface area (Å²) in [5.41, 5.74) is 0.0345. The lowest BCUT2D eigenvalue weighted by atomic mass is 10.0. The van der Waals surface area contributed by atoms with Crippen molar-refractivity contribution in [1.82, 2.24) is 5.32 Å². The molecule has 1 N–H and O–H groups in total. The van der Waals surface area contributed by atoms with E-state index in [1.54, 1.807) is 6.07 Å². The molecule has 2 nitrogen and oxygen atoms in total. The monoisotopic (exact) mass is 282 g/mol. The summed E-state index contributed by atoms with van der Waals surface area (Å²) in [6.45, 7) is 0.965. The fourth-order valence-electron chi connectivity index (χ4n) is 2.19. The van der Waals surface area contributed by atoms with Crippen molar-refractivity contribution < 1.29 is 8.78 Å². The standard InChI is InChI=1S/C14H16F2N2S/c15-13-5-11(7-17)6-14(16)12(13)9-18-8-10-1-3-19-4-2-10/h5-6,10,18H,1-4,8-9H2. The molecule has 0 amide bonds. The molecule has 1 fully saturated rings. The minimum absolute atomic E-state index is 0.0167. The van der Waals surface area contributed by atoms with Gasteiger partial charge in [-0.2, -0.15) is 17.0 Å². The number of rotatable bonds is 4. The highest BCUT2D eigenvalue weighted by atomic mass is 32.2. The molecule has 1 aromatic carbocycles. The van der Waals surface area contributed by atoms with Crippen LogP contribution in [0.15, 0.2) is 12.1 Å². The quantitative estimate of drug-likeness (QED) is 0.922. The molecule has 0 spiro atoms. The van der Waals surface area contributed by atoms with Crippen LogP contribution in [0.2, 0.25) is 0 Å². The summed E-state index contributed by atoms with van der Waals surface area (Å²) in [5.74, 6) is 1.65. The van der Waals surface area contributed by atoms with Gasteiger partial charge in [0.05, 0.1) is 11.6 Å². The van der Waals surface area contributed by atoms with Gasteiger partial charge in [0.15, 0.2) is 0 Å². The summed E-state index contributed by atoms with van der Waals surface area (Å²) in [5, 5.41) is 11.7. The molecular weight excluding hydrogens is 266 g/mol. The van der Waals surface area contributed by atoms with Crippen LogP contribution in [0.4, 0.5) is 8.78 Å². The first-order valence-electron chi connectivity index (χ1n) is 6.37. The zero-order valence-corrected chi connectivity index (χ0v) is 11.4. The van der Waals surface area contributed by atoms with E-state index in [4.69, 9.17) is 5.26 Å². The van der Waals surface area contributed by atoms with E-state index in [-0.39, 0.29) is 17.7 Å². The Balaban J connectivity index is 1.90. The van der Waals surface area contributed by atoms with Crippen LogP contribution >= 0.6 is 11.8 Å². The maximum Gasteiger partial charge on any atom is 0.131 e. The van der Waals surface area contributed by atoms with Gasteiger partial charge in [-0.3, -0.25) is 0 Å². The first-order valence-corrected chi connectivity index (χ1v) is 7.52. The second-order valence-corrected chi connectivity index (χ2v) is 5.94. The summed E-state index contributed by atoms with van der Waals surface area (Å²) in [4.78, 5) is 0.